The van der Waals surface area contributed by atoms with Gasteiger partial charge in [-0.05, 0) is 46.2 Å². The molecule has 3 nitrogen and oxygen atoms in total. The van der Waals surface area contributed by atoms with Crippen LogP contribution in [-0.2, 0) is 4.74 Å². The molecule has 94 valence electrons. The molecule has 0 aromatic carbocycles. The van der Waals surface area contributed by atoms with Crippen LogP contribution in [0.2, 0.25) is 0 Å². The summed E-state index contributed by atoms with van der Waals surface area (Å²) in [6.45, 7) is 5.45. The van der Waals surface area contributed by atoms with Crippen molar-refractivity contribution < 1.29 is 4.74 Å². The van der Waals surface area contributed by atoms with Gasteiger partial charge in [-0.1, -0.05) is 6.42 Å². The van der Waals surface area contributed by atoms with Gasteiger partial charge in [0.15, 0.2) is 0 Å². The summed E-state index contributed by atoms with van der Waals surface area (Å²) in [5.74, 6) is 0. The lowest BCUT2D eigenvalue weighted by Crippen LogP contribution is -2.44. The Morgan fingerprint density at radius 3 is 2.88 bits per heavy atom. The van der Waals surface area contributed by atoms with Crippen LogP contribution in [0.15, 0.2) is 0 Å². The van der Waals surface area contributed by atoms with Crippen molar-refractivity contribution in [1.82, 2.24) is 10.2 Å². The molecule has 0 aromatic rings. The summed E-state index contributed by atoms with van der Waals surface area (Å²) in [6, 6.07) is 2.06. The van der Waals surface area contributed by atoms with E-state index in [9.17, 15) is 0 Å². The van der Waals surface area contributed by atoms with Crippen LogP contribution in [0.5, 0.6) is 0 Å². The molecule has 3 heteroatoms. The van der Waals surface area contributed by atoms with Gasteiger partial charge < -0.3 is 10.1 Å². The highest BCUT2D eigenvalue weighted by atomic mass is 16.5. The van der Waals surface area contributed by atoms with Crippen molar-refractivity contribution in [2.45, 2.75) is 57.2 Å². The van der Waals surface area contributed by atoms with E-state index < -0.39 is 0 Å². The summed E-state index contributed by atoms with van der Waals surface area (Å²) < 4.78 is 5.46. The maximum absolute atomic E-state index is 5.46. The summed E-state index contributed by atoms with van der Waals surface area (Å²) >= 11 is 0. The van der Waals surface area contributed by atoms with Crippen molar-refractivity contribution in [2.24, 2.45) is 0 Å². The second-order valence-electron chi connectivity index (χ2n) is 5.41. The molecule has 2 heterocycles. The molecule has 0 aromatic heterocycles. The summed E-state index contributed by atoms with van der Waals surface area (Å²) in [6.07, 6.45) is 6.61. The standard InChI is InChI=1S/C13H26N2O/c1-11(9-12-5-3-4-7-14-12)15(2)13-6-8-16-10-13/h11-14H,3-10H2,1-2H3. The van der Waals surface area contributed by atoms with E-state index >= 15 is 0 Å². The largest absolute Gasteiger partial charge is 0.380 e. The molecule has 3 unspecified atom stereocenters. The summed E-state index contributed by atoms with van der Waals surface area (Å²) in [5, 5.41) is 3.64. The van der Waals surface area contributed by atoms with E-state index in [2.05, 4.69) is 24.2 Å². The maximum atomic E-state index is 5.46. The topological polar surface area (TPSA) is 24.5 Å². The summed E-state index contributed by atoms with van der Waals surface area (Å²) in [7, 11) is 2.26. The van der Waals surface area contributed by atoms with Crippen LogP contribution >= 0.6 is 0 Å². The highest BCUT2D eigenvalue weighted by Crippen LogP contribution is 2.18. The Balaban J connectivity index is 1.74. The van der Waals surface area contributed by atoms with E-state index in [1.54, 1.807) is 0 Å². The van der Waals surface area contributed by atoms with Gasteiger partial charge >= 0.3 is 0 Å². The van der Waals surface area contributed by atoms with Gasteiger partial charge in [-0.15, -0.1) is 0 Å². The van der Waals surface area contributed by atoms with Gasteiger partial charge in [-0.2, -0.15) is 0 Å². The van der Waals surface area contributed by atoms with Gasteiger partial charge in [-0.3, -0.25) is 4.90 Å². The van der Waals surface area contributed by atoms with Crippen LogP contribution in [0, 0.1) is 0 Å². The average molecular weight is 226 g/mol. The highest BCUT2D eigenvalue weighted by Gasteiger charge is 2.25. The van der Waals surface area contributed by atoms with Crippen molar-refractivity contribution in [3.8, 4) is 0 Å². The van der Waals surface area contributed by atoms with Gasteiger partial charge in [0.25, 0.3) is 0 Å². The van der Waals surface area contributed by atoms with Gasteiger partial charge in [0.05, 0.1) is 6.61 Å². The molecule has 16 heavy (non-hydrogen) atoms. The molecule has 3 atom stereocenters. The number of hydrogen-bond acceptors (Lipinski definition) is 3. The number of ether oxygens (including phenoxy) is 1. The second-order valence-corrected chi connectivity index (χ2v) is 5.41. The number of rotatable bonds is 4. The van der Waals surface area contributed by atoms with Gasteiger partial charge in [0.1, 0.15) is 0 Å². The monoisotopic (exact) mass is 226 g/mol. The first-order valence-corrected chi connectivity index (χ1v) is 6.80. The van der Waals surface area contributed by atoms with E-state index in [1.807, 2.05) is 0 Å². The fourth-order valence-electron chi connectivity index (χ4n) is 2.91. The van der Waals surface area contributed by atoms with E-state index in [1.165, 1.54) is 38.6 Å². The van der Waals surface area contributed by atoms with E-state index in [-0.39, 0.29) is 0 Å². The average Bonchev–Trinajstić information content (AvgIpc) is 2.83. The number of likely N-dealkylation sites (N-methyl/N-ethyl adjacent to an activating group) is 1. The van der Waals surface area contributed by atoms with Crippen LogP contribution in [-0.4, -0.2) is 49.8 Å². The van der Waals surface area contributed by atoms with Gasteiger partial charge in [0, 0.05) is 24.7 Å². The fraction of sp³-hybridized carbons (Fsp3) is 1.00. The SMILES string of the molecule is CC(CC1CCCCN1)N(C)C1CCOC1. The Kier molecular flexibility index (Phi) is 4.62. The van der Waals surface area contributed by atoms with Gasteiger partial charge in [-0.25, -0.2) is 0 Å². The Morgan fingerprint density at radius 1 is 1.38 bits per heavy atom. The lowest BCUT2D eigenvalue weighted by molar-refractivity contribution is 0.127. The molecule has 0 bridgehead atoms. The molecular formula is C13H26N2O. The van der Waals surface area contributed by atoms with Crippen molar-refractivity contribution in [3.05, 3.63) is 0 Å². The number of nitrogens with zero attached hydrogens (tertiary/aromatic N) is 1. The molecule has 0 amide bonds. The lowest BCUT2D eigenvalue weighted by atomic mass is 9.97. The third-order valence-electron chi connectivity index (χ3n) is 4.21. The van der Waals surface area contributed by atoms with Crippen molar-refractivity contribution in [3.63, 3.8) is 0 Å². The minimum atomic E-state index is 0.651. The van der Waals surface area contributed by atoms with Crippen molar-refractivity contribution in [1.29, 1.82) is 0 Å². The van der Waals surface area contributed by atoms with Crippen molar-refractivity contribution in [2.75, 3.05) is 26.8 Å². The Bertz CT molecular complexity index is 198. The van der Waals surface area contributed by atoms with Crippen LogP contribution in [0.3, 0.4) is 0 Å². The molecule has 1 N–H and O–H groups in total. The second kappa shape index (κ2) is 5.99. The molecule has 0 radical (unpaired) electrons. The molecule has 2 saturated heterocycles. The van der Waals surface area contributed by atoms with Crippen LogP contribution < -0.4 is 5.32 Å². The van der Waals surface area contributed by atoms with Crippen LogP contribution in [0.1, 0.15) is 39.0 Å². The number of piperidine rings is 1. The smallest absolute Gasteiger partial charge is 0.0622 e. The van der Waals surface area contributed by atoms with E-state index in [0.717, 1.165) is 19.3 Å². The Labute approximate surface area is 99.5 Å². The predicted octanol–water partition coefficient (Wildman–Crippen LogP) is 1.63. The van der Waals surface area contributed by atoms with Crippen molar-refractivity contribution >= 4 is 0 Å². The number of nitrogens with one attached hydrogen (secondary N) is 1. The molecule has 0 saturated carbocycles. The molecule has 0 aliphatic carbocycles. The van der Waals surface area contributed by atoms with E-state index in [0.29, 0.717) is 12.1 Å². The Morgan fingerprint density at radius 2 is 2.25 bits per heavy atom. The normalized spacial score (nSPS) is 33.2. The summed E-state index contributed by atoms with van der Waals surface area (Å²) in [5.41, 5.74) is 0. The Hall–Kier alpha value is -0.120. The molecular weight excluding hydrogens is 200 g/mol. The zero-order valence-electron chi connectivity index (χ0n) is 10.7. The molecule has 0 spiro atoms. The lowest BCUT2D eigenvalue weighted by Gasteiger charge is -2.33. The first kappa shape index (κ1) is 12.3. The summed E-state index contributed by atoms with van der Waals surface area (Å²) in [4.78, 5) is 2.52. The van der Waals surface area contributed by atoms with Gasteiger partial charge in [0.2, 0.25) is 0 Å². The molecule has 2 rings (SSSR count). The zero-order valence-corrected chi connectivity index (χ0v) is 10.7. The third kappa shape index (κ3) is 3.19. The quantitative estimate of drug-likeness (QED) is 0.788. The molecule has 2 fully saturated rings. The molecule has 2 aliphatic heterocycles. The van der Waals surface area contributed by atoms with Crippen LogP contribution in [0.4, 0.5) is 0 Å². The highest BCUT2D eigenvalue weighted by molar-refractivity contribution is 4.82. The minimum Gasteiger partial charge on any atom is -0.380 e. The molecule has 2 aliphatic rings. The number of hydrogen-bond donors (Lipinski definition) is 1. The zero-order chi connectivity index (χ0) is 11.4. The van der Waals surface area contributed by atoms with Crippen LogP contribution in [0.25, 0.3) is 0 Å². The third-order valence-corrected chi connectivity index (χ3v) is 4.21. The first-order valence-electron chi connectivity index (χ1n) is 6.80. The fourth-order valence-corrected chi connectivity index (χ4v) is 2.91. The first-order chi connectivity index (χ1) is 7.77. The minimum absolute atomic E-state index is 0.651. The maximum Gasteiger partial charge on any atom is 0.0622 e. The van der Waals surface area contributed by atoms with E-state index in [4.69, 9.17) is 4.74 Å². The predicted molar refractivity (Wildman–Crippen MR) is 66.7 cm³/mol.